The van der Waals surface area contributed by atoms with Crippen LogP contribution in [-0.4, -0.2) is 30.8 Å². The van der Waals surface area contributed by atoms with Crippen LogP contribution >= 0.6 is 0 Å². The van der Waals surface area contributed by atoms with E-state index in [2.05, 4.69) is 15.8 Å². The van der Waals surface area contributed by atoms with Gasteiger partial charge in [-0.05, 0) is 31.5 Å². The predicted molar refractivity (Wildman–Crippen MR) is 81.4 cm³/mol. The number of rotatable bonds is 5. The maximum Gasteiger partial charge on any atom is 0.237 e. The van der Waals surface area contributed by atoms with Gasteiger partial charge in [-0.1, -0.05) is 17.3 Å². The van der Waals surface area contributed by atoms with Crippen molar-refractivity contribution in [1.82, 2.24) is 15.8 Å². The molecule has 3 rings (SSSR count). The third-order valence-corrected chi connectivity index (χ3v) is 3.76. The lowest BCUT2D eigenvalue weighted by Gasteiger charge is -2.09. The second-order valence-corrected chi connectivity index (χ2v) is 5.25. The Kier molecular flexibility index (Phi) is 4.39. The molecule has 0 saturated carbocycles. The van der Waals surface area contributed by atoms with Crippen molar-refractivity contribution in [2.75, 3.05) is 13.7 Å². The number of hydrogen-bond acceptors (Lipinski definition) is 5. The second kappa shape index (κ2) is 6.62. The molecule has 0 radical (unpaired) electrons. The maximum atomic E-state index is 11.9. The van der Waals surface area contributed by atoms with Crippen LogP contribution < -0.4 is 15.4 Å². The lowest BCUT2D eigenvalue weighted by molar-refractivity contribution is -0.123. The SMILES string of the molecule is COc1ccccc1-c1cc(CNC(=O)[C@H]2CCCN2)on1. The molecule has 2 heterocycles. The van der Waals surface area contributed by atoms with Gasteiger partial charge in [-0.3, -0.25) is 4.79 Å². The number of carbonyl (C=O) groups is 1. The number of aromatic nitrogens is 1. The molecule has 2 N–H and O–H groups in total. The Morgan fingerprint density at radius 3 is 3.14 bits per heavy atom. The van der Waals surface area contributed by atoms with Gasteiger partial charge in [0, 0.05) is 11.6 Å². The monoisotopic (exact) mass is 301 g/mol. The molecule has 1 amide bonds. The van der Waals surface area contributed by atoms with Crippen molar-refractivity contribution >= 4 is 5.91 Å². The van der Waals surface area contributed by atoms with Crippen molar-refractivity contribution < 1.29 is 14.1 Å². The van der Waals surface area contributed by atoms with E-state index in [0.717, 1.165) is 30.7 Å². The summed E-state index contributed by atoms with van der Waals surface area (Å²) in [7, 11) is 1.62. The Balaban J connectivity index is 1.65. The van der Waals surface area contributed by atoms with Gasteiger partial charge in [0.05, 0.1) is 19.7 Å². The van der Waals surface area contributed by atoms with E-state index in [9.17, 15) is 4.79 Å². The highest BCUT2D eigenvalue weighted by Gasteiger charge is 2.22. The van der Waals surface area contributed by atoms with Crippen LogP contribution in [0.25, 0.3) is 11.3 Å². The van der Waals surface area contributed by atoms with Crippen molar-refractivity contribution in [3.05, 3.63) is 36.1 Å². The number of hydrogen-bond donors (Lipinski definition) is 2. The summed E-state index contributed by atoms with van der Waals surface area (Å²) in [5, 5.41) is 10.1. The lowest BCUT2D eigenvalue weighted by Crippen LogP contribution is -2.39. The van der Waals surface area contributed by atoms with Crippen LogP contribution in [0.2, 0.25) is 0 Å². The number of methoxy groups -OCH3 is 1. The number of ether oxygens (including phenoxy) is 1. The normalized spacial score (nSPS) is 17.4. The minimum atomic E-state index is -0.0865. The van der Waals surface area contributed by atoms with Crippen molar-refractivity contribution in [3.8, 4) is 17.0 Å². The fourth-order valence-electron chi connectivity index (χ4n) is 2.59. The molecule has 1 saturated heterocycles. The number of carbonyl (C=O) groups excluding carboxylic acids is 1. The first-order chi connectivity index (χ1) is 10.8. The molecule has 1 aliphatic heterocycles. The maximum absolute atomic E-state index is 11.9. The molecule has 1 fully saturated rings. The Bertz CT molecular complexity index is 648. The highest BCUT2D eigenvalue weighted by atomic mass is 16.5. The van der Waals surface area contributed by atoms with Crippen LogP contribution in [0.3, 0.4) is 0 Å². The highest BCUT2D eigenvalue weighted by molar-refractivity contribution is 5.82. The molecule has 116 valence electrons. The Morgan fingerprint density at radius 2 is 2.36 bits per heavy atom. The van der Waals surface area contributed by atoms with E-state index in [1.165, 1.54) is 0 Å². The summed E-state index contributed by atoms with van der Waals surface area (Å²) in [5.74, 6) is 1.36. The molecule has 1 atom stereocenters. The molecule has 0 aliphatic carbocycles. The summed E-state index contributed by atoms with van der Waals surface area (Å²) in [6, 6.07) is 9.34. The summed E-state index contributed by atoms with van der Waals surface area (Å²) in [5.41, 5.74) is 1.56. The smallest absolute Gasteiger partial charge is 0.237 e. The van der Waals surface area contributed by atoms with Crippen LogP contribution in [0.1, 0.15) is 18.6 Å². The van der Waals surface area contributed by atoms with Crippen LogP contribution in [0.15, 0.2) is 34.9 Å². The lowest BCUT2D eigenvalue weighted by atomic mass is 10.1. The van der Waals surface area contributed by atoms with Crippen LogP contribution in [0, 0.1) is 0 Å². The van der Waals surface area contributed by atoms with E-state index in [1.54, 1.807) is 7.11 Å². The van der Waals surface area contributed by atoms with Crippen LogP contribution in [0.4, 0.5) is 0 Å². The summed E-state index contributed by atoms with van der Waals surface area (Å²) in [4.78, 5) is 11.9. The van der Waals surface area contributed by atoms with E-state index < -0.39 is 0 Å². The highest BCUT2D eigenvalue weighted by Crippen LogP contribution is 2.28. The molecule has 2 aromatic rings. The quantitative estimate of drug-likeness (QED) is 0.879. The molecule has 1 aliphatic rings. The number of amides is 1. The van der Waals surface area contributed by atoms with Crippen molar-refractivity contribution in [2.24, 2.45) is 0 Å². The molecular formula is C16H19N3O3. The molecule has 6 heteroatoms. The van der Waals surface area contributed by atoms with Gasteiger partial charge in [-0.25, -0.2) is 0 Å². The summed E-state index contributed by atoms with van der Waals surface area (Å²) < 4.78 is 10.6. The molecular weight excluding hydrogens is 282 g/mol. The predicted octanol–water partition coefficient (Wildman–Crippen LogP) is 1.72. The van der Waals surface area contributed by atoms with Gasteiger partial charge in [0.25, 0.3) is 0 Å². The summed E-state index contributed by atoms with van der Waals surface area (Å²) >= 11 is 0. The summed E-state index contributed by atoms with van der Waals surface area (Å²) in [6.07, 6.45) is 1.92. The van der Waals surface area contributed by atoms with Crippen LogP contribution in [-0.2, 0) is 11.3 Å². The van der Waals surface area contributed by atoms with Gasteiger partial charge in [0.15, 0.2) is 5.76 Å². The van der Waals surface area contributed by atoms with E-state index in [1.807, 2.05) is 30.3 Å². The van der Waals surface area contributed by atoms with E-state index in [4.69, 9.17) is 9.26 Å². The zero-order valence-electron chi connectivity index (χ0n) is 12.5. The van der Waals surface area contributed by atoms with Gasteiger partial charge < -0.3 is 19.9 Å². The number of nitrogens with zero attached hydrogens (tertiary/aromatic N) is 1. The standard InChI is InChI=1S/C16H19N3O3/c1-21-15-7-3-2-5-12(15)14-9-11(22-19-14)10-18-16(20)13-6-4-8-17-13/h2-3,5,7,9,13,17H,4,6,8,10H2,1H3,(H,18,20)/t13-/m1/s1. The Hall–Kier alpha value is -2.34. The fourth-order valence-corrected chi connectivity index (χ4v) is 2.59. The third-order valence-electron chi connectivity index (χ3n) is 3.76. The van der Waals surface area contributed by atoms with Gasteiger partial charge in [0.2, 0.25) is 5.91 Å². The minimum Gasteiger partial charge on any atom is -0.496 e. The minimum absolute atomic E-state index is 0.00717. The van der Waals surface area contributed by atoms with Crippen molar-refractivity contribution in [2.45, 2.75) is 25.4 Å². The van der Waals surface area contributed by atoms with Crippen LogP contribution in [0.5, 0.6) is 5.75 Å². The number of benzene rings is 1. The number of nitrogens with one attached hydrogen (secondary N) is 2. The average molecular weight is 301 g/mol. The molecule has 22 heavy (non-hydrogen) atoms. The first-order valence-corrected chi connectivity index (χ1v) is 7.38. The Labute approximate surface area is 128 Å². The summed E-state index contributed by atoms with van der Waals surface area (Å²) in [6.45, 7) is 1.23. The largest absolute Gasteiger partial charge is 0.496 e. The zero-order valence-corrected chi connectivity index (χ0v) is 12.5. The fraction of sp³-hybridized carbons (Fsp3) is 0.375. The van der Waals surface area contributed by atoms with E-state index >= 15 is 0 Å². The molecule has 0 unspecified atom stereocenters. The van der Waals surface area contributed by atoms with E-state index in [0.29, 0.717) is 18.0 Å². The van der Waals surface area contributed by atoms with Crippen molar-refractivity contribution in [3.63, 3.8) is 0 Å². The van der Waals surface area contributed by atoms with Gasteiger partial charge in [-0.15, -0.1) is 0 Å². The molecule has 6 nitrogen and oxygen atoms in total. The first kappa shape index (κ1) is 14.6. The third kappa shape index (κ3) is 3.12. The first-order valence-electron chi connectivity index (χ1n) is 7.38. The molecule has 0 bridgehead atoms. The van der Waals surface area contributed by atoms with Gasteiger partial charge in [0.1, 0.15) is 11.4 Å². The molecule has 1 aromatic carbocycles. The van der Waals surface area contributed by atoms with Crippen molar-refractivity contribution in [1.29, 1.82) is 0 Å². The van der Waals surface area contributed by atoms with Gasteiger partial charge >= 0.3 is 0 Å². The number of para-hydroxylation sites is 1. The topological polar surface area (TPSA) is 76.4 Å². The molecule has 1 aromatic heterocycles. The zero-order chi connectivity index (χ0) is 15.4. The van der Waals surface area contributed by atoms with Gasteiger partial charge in [-0.2, -0.15) is 0 Å². The van der Waals surface area contributed by atoms with E-state index in [-0.39, 0.29) is 11.9 Å². The Morgan fingerprint density at radius 1 is 1.50 bits per heavy atom. The second-order valence-electron chi connectivity index (χ2n) is 5.25. The average Bonchev–Trinajstić information content (AvgIpc) is 3.24. The molecule has 0 spiro atoms.